The van der Waals surface area contributed by atoms with Gasteiger partial charge in [-0.25, -0.2) is 0 Å². The summed E-state index contributed by atoms with van der Waals surface area (Å²) >= 11 is 6.05. The highest BCUT2D eigenvalue weighted by Gasteiger charge is 2.24. The van der Waals surface area contributed by atoms with Crippen LogP contribution in [0.4, 0.5) is 0 Å². The van der Waals surface area contributed by atoms with E-state index < -0.39 is 0 Å². The average molecular weight is 284 g/mol. The van der Waals surface area contributed by atoms with Gasteiger partial charge in [0.15, 0.2) is 0 Å². The number of nitrogens with zero attached hydrogens (tertiary/aromatic N) is 1. The highest BCUT2D eigenvalue weighted by molar-refractivity contribution is 6.32. The quantitative estimate of drug-likeness (QED) is 0.796. The van der Waals surface area contributed by atoms with Gasteiger partial charge in [0, 0.05) is 25.7 Å². The van der Waals surface area contributed by atoms with Crippen LogP contribution in [0.2, 0.25) is 5.02 Å². The molecule has 1 aliphatic carbocycles. The van der Waals surface area contributed by atoms with Gasteiger partial charge in [0.05, 0.1) is 5.02 Å². The van der Waals surface area contributed by atoms with Gasteiger partial charge in [-0.1, -0.05) is 30.2 Å². The number of hydrogen-bond donors (Lipinski definition) is 1. The summed E-state index contributed by atoms with van der Waals surface area (Å²) in [6.45, 7) is 2.75. The molecule has 19 heavy (non-hydrogen) atoms. The first-order valence-electron chi connectivity index (χ1n) is 7.03. The first kappa shape index (κ1) is 14.6. The van der Waals surface area contributed by atoms with Crippen LogP contribution >= 0.6 is 11.6 Å². The van der Waals surface area contributed by atoms with Crippen molar-refractivity contribution in [2.75, 3.05) is 26.3 Å². The number of benzene rings is 1. The second kappa shape index (κ2) is 7.73. The summed E-state index contributed by atoms with van der Waals surface area (Å²) in [7, 11) is 0. The van der Waals surface area contributed by atoms with Crippen LogP contribution in [0.3, 0.4) is 0 Å². The summed E-state index contributed by atoms with van der Waals surface area (Å²) in [5, 5.41) is 9.61. The number of para-hydroxylation sites is 1. The molecule has 1 aromatic carbocycles. The number of halogens is 1. The van der Waals surface area contributed by atoms with Crippen LogP contribution in [0.15, 0.2) is 24.3 Å². The summed E-state index contributed by atoms with van der Waals surface area (Å²) in [6, 6.07) is 8.24. The van der Waals surface area contributed by atoms with E-state index in [1.807, 2.05) is 24.3 Å². The molecule has 4 heteroatoms. The van der Waals surface area contributed by atoms with Crippen LogP contribution in [0, 0.1) is 0 Å². The lowest BCUT2D eigenvalue weighted by atomic mass is 9.91. The van der Waals surface area contributed by atoms with Crippen molar-refractivity contribution in [3.63, 3.8) is 0 Å². The zero-order chi connectivity index (χ0) is 13.5. The van der Waals surface area contributed by atoms with E-state index in [0.717, 1.165) is 25.3 Å². The van der Waals surface area contributed by atoms with Gasteiger partial charge in [-0.15, -0.1) is 0 Å². The zero-order valence-corrected chi connectivity index (χ0v) is 12.0. The van der Waals surface area contributed by atoms with Crippen LogP contribution in [0.5, 0.6) is 5.75 Å². The third-order valence-corrected chi connectivity index (χ3v) is 3.98. The lowest BCUT2D eigenvalue weighted by Gasteiger charge is -2.37. The normalized spacial score (nSPS) is 15.5. The van der Waals surface area contributed by atoms with Crippen LogP contribution in [-0.4, -0.2) is 42.4 Å². The zero-order valence-electron chi connectivity index (χ0n) is 11.2. The van der Waals surface area contributed by atoms with E-state index in [2.05, 4.69) is 4.90 Å². The maximum absolute atomic E-state index is 8.95. The SMILES string of the molecule is OCCCN(CCOc1ccccc1Cl)C1CCC1. The molecule has 0 spiro atoms. The van der Waals surface area contributed by atoms with Crippen molar-refractivity contribution in [1.82, 2.24) is 4.90 Å². The Morgan fingerprint density at radius 1 is 1.26 bits per heavy atom. The summed E-state index contributed by atoms with van der Waals surface area (Å²) in [4.78, 5) is 2.43. The molecule has 1 N–H and O–H groups in total. The van der Waals surface area contributed by atoms with E-state index in [1.165, 1.54) is 19.3 Å². The Kier molecular flexibility index (Phi) is 5.95. The molecule has 3 nitrogen and oxygen atoms in total. The van der Waals surface area contributed by atoms with E-state index >= 15 is 0 Å². The Bertz CT molecular complexity index is 382. The van der Waals surface area contributed by atoms with Crippen molar-refractivity contribution in [3.05, 3.63) is 29.3 Å². The largest absolute Gasteiger partial charge is 0.491 e. The molecular weight excluding hydrogens is 262 g/mol. The number of aliphatic hydroxyl groups is 1. The fourth-order valence-electron chi connectivity index (χ4n) is 2.34. The molecule has 1 fully saturated rings. The topological polar surface area (TPSA) is 32.7 Å². The minimum Gasteiger partial charge on any atom is -0.491 e. The Morgan fingerprint density at radius 2 is 2.05 bits per heavy atom. The molecular formula is C15H22ClNO2. The molecule has 106 valence electrons. The third kappa shape index (κ3) is 4.37. The van der Waals surface area contributed by atoms with Gasteiger partial charge in [0.1, 0.15) is 12.4 Å². The van der Waals surface area contributed by atoms with Gasteiger partial charge < -0.3 is 9.84 Å². The first-order chi connectivity index (χ1) is 9.31. The fraction of sp³-hybridized carbons (Fsp3) is 0.600. The Balaban J connectivity index is 1.76. The number of hydrogen-bond acceptors (Lipinski definition) is 3. The molecule has 1 saturated carbocycles. The second-order valence-corrected chi connectivity index (χ2v) is 5.38. The number of aliphatic hydroxyl groups excluding tert-OH is 1. The number of ether oxygens (including phenoxy) is 1. The van der Waals surface area contributed by atoms with Gasteiger partial charge in [-0.3, -0.25) is 4.90 Å². The predicted octanol–water partition coefficient (Wildman–Crippen LogP) is 2.96. The van der Waals surface area contributed by atoms with Crippen molar-refractivity contribution < 1.29 is 9.84 Å². The van der Waals surface area contributed by atoms with Gasteiger partial charge in [0.2, 0.25) is 0 Å². The molecule has 2 rings (SSSR count). The van der Waals surface area contributed by atoms with Crippen molar-refractivity contribution in [2.24, 2.45) is 0 Å². The Hall–Kier alpha value is -0.770. The summed E-state index contributed by atoms with van der Waals surface area (Å²) in [5.74, 6) is 0.750. The molecule has 0 amide bonds. The predicted molar refractivity (Wildman–Crippen MR) is 77.9 cm³/mol. The lowest BCUT2D eigenvalue weighted by Crippen LogP contribution is -2.43. The summed E-state index contributed by atoms with van der Waals surface area (Å²) in [6.07, 6.45) is 4.71. The molecule has 0 bridgehead atoms. The maximum Gasteiger partial charge on any atom is 0.137 e. The molecule has 0 radical (unpaired) electrons. The summed E-state index contributed by atoms with van der Waals surface area (Å²) in [5.41, 5.74) is 0. The monoisotopic (exact) mass is 283 g/mol. The van der Waals surface area contributed by atoms with Crippen LogP contribution in [-0.2, 0) is 0 Å². The summed E-state index contributed by atoms with van der Waals surface area (Å²) < 4.78 is 5.73. The van der Waals surface area contributed by atoms with Crippen LogP contribution in [0.25, 0.3) is 0 Å². The third-order valence-electron chi connectivity index (χ3n) is 3.67. The first-order valence-corrected chi connectivity index (χ1v) is 7.41. The van der Waals surface area contributed by atoms with Crippen LogP contribution < -0.4 is 4.74 Å². The van der Waals surface area contributed by atoms with Gasteiger partial charge in [-0.2, -0.15) is 0 Å². The van der Waals surface area contributed by atoms with Crippen molar-refractivity contribution in [3.8, 4) is 5.75 Å². The van der Waals surface area contributed by atoms with E-state index in [0.29, 0.717) is 17.7 Å². The van der Waals surface area contributed by atoms with Gasteiger partial charge in [0.25, 0.3) is 0 Å². The van der Waals surface area contributed by atoms with E-state index in [1.54, 1.807) is 0 Å². The molecule has 0 aliphatic heterocycles. The maximum atomic E-state index is 8.95. The lowest BCUT2D eigenvalue weighted by molar-refractivity contribution is 0.0985. The smallest absolute Gasteiger partial charge is 0.137 e. The van der Waals surface area contributed by atoms with E-state index in [-0.39, 0.29) is 6.61 Å². The minimum absolute atomic E-state index is 0.259. The van der Waals surface area contributed by atoms with E-state index in [9.17, 15) is 0 Å². The molecule has 0 atom stereocenters. The van der Waals surface area contributed by atoms with Gasteiger partial charge >= 0.3 is 0 Å². The molecule has 0 aromatic heterocycles. The standard InChI is InChI=1S/C15H22ClNO2/c16-14-7-1-2-8-15(14)19-12-10-17(9-4-11-18)13-5-3-6-13/h1-2,7-8,13,18H,3-6,9-12H2. The van der Waals surface area contributed by atoms with E-state index in [4.69, 9.17) is 21.4 Å². The molecule has 0 unspecified atom stereocenters. The molecule has 1 aromatic rings. The minimum atomic E-state index is 0.259. The van der Waals surface area contributed by atoms with Crippen molar-refractivity contribution in [2.45, 2.75) is 31.7 Å². The molecule has 0 saturated heterocycles. The second-order valence-electron chi connectivity index (χ2n) is 4.98. The Labute approximate surface area is 120 Å². The number of rotatable bonds is 8. The molecule has 1 aliphatic rings. The highest BCUT2D eigenvalue weighted by Crippen LogP contribution is 2.26. The van der Waals surface area contributed by atoms with Crippen LogP contribution in [0.1, 0.15) is 25.7 Å². The Morgan fingerprint density at radius 3 is 2.68 bits per heavy atom. The highest BCUT2D eigenvalue weighted by atomic mass is 35.5. The van der Waals surface area contributed by atoms with Crippen molar-refractivity contribution >= 4 is 11.6 Å². The van der Waals surface area contributed by atoms with Crippen molar-refractivity contribution in [1.29, 1.82) is 0 Å². The fourth-order valence-corrected chi connectivity index (χ4v) is 2.53. The average Bonchev–Trinajstić information content (AvgIpc) is 2.35. The molecule has 0 heterocycles. The van der Waals surface area contributed by atoms with Gasteiger partial charge in [-0.05, 0) is 31.4 Å².